The van der Waals surface area contributed by atoms with E-state index in [4.69, 9.17) is 11.6 Å². The van der Waals surface area contributed by atoms with Crippen LogP contribution in [0.3, 0.4) is 0 Å². The first-order valence-corrected chi connectivity index (χ1v) is 7.02. The molecule has 0 saturated heterocycles. The van der Waals surface area contributed by atoms with Crippen LogP contribution in [0.4, 0.5) is 0 Å². The Morgan fingerprint density at radius 1 is 1.15 bits per heavy atom. The maximum absolute atomic E-state index is 10.6. The Balaban J connectivity index is 2.26. The van der Waals surface area contributed by atoms with Gasteiger partial charge in [0.2, 0.25) is 0 Å². The fourth-order valence-electron chi connectivity index (χ4n) is 2.20. The Morgan fingerprint density at radius 2 is 1.70 bits per heavy atom. The third-order valence-electron chi connectivity index (χ3n) is 3.43. The third kappa shape index (κ3) is 3.58. The zero-order chi connectivity index (χ0) is 14.8. The van der Waals surface area contributed by atoms with Gasteiger partial charge >= 0.3 is 0 Å². The van der Waals surface area contributed by atoms with Crippen molar-refractivity contribution in [2.45, 2.75) is 39.3 Å². The first kappa shape index (κ1) is 15.0. The maximum Gasteiger partial charge on any atom is 0.119 e. The zero-order valence-corrected chi connectivity index (χ0v) is 12.7. The molecule has 2 aromatic rings. The van der Waals surface area contributed by atoms with Gasteiger partial charge in [-0.25, -0.2) is 0 Å². The number of hydrogen-bond acceptors (Lipinski definition) is 3. The Kier molecular flexibility index (Phi) is 4.45. The summed E-state index contributed by atoms with van der Waals surface area (Å²) in [6.07, 6.45) is 3.49. The second-order valence-corrected chi connectivity index (χ2v) is 6.55. The Hall–Kier alpha value is -1.39. The molecule has 1 aromatic carbocycles. The Morgan fingerprint density at radius 3 is 2.20 bits per heavy atom. The van der Waals surface area contributed by atoms with Gasteiger partial charge in [-0.15, -0.1) is 10.2 Å². The average molecular weight is 294 g/mol. The van der Waals surface area contributed by atoms with Crippen molar-refractivity contribution in [2.75, 3.05) is 0 Å². The Labute approximate surface area is 124 Å². The van der Waals surface area contributed by atoms with Gasteiger partial charge in [0.15, 0.2) is 0 Å². The summed E-state index contributed by atoms with van der Waals surface area (Å²) in [7, 11) is 0. The van der Waals surface area contributed by atoms with Crippen molar-refractivity contribution >= 4 is 11.6 Å². The van der Waals surface area contributed by atoms with Crippen molar-refractivity contribution in [3.8, 4) is 0 Å². The molecule has 0 bridgehead atoms. The van der Waals surface area contributed by atoms with Crippen LogP contribution in [0.15, 0.2) is 36.9 Å². The average Bonchev–Trinajstić information content (AvgIpc) is 2.90. The number of rotatable bonds is 4. The van der Waals surface area contributed by atoms with Gasteiger partial charge in [0.05, 0.1) is 12.1 Å². The van der Waals surface area contributed by atoms with Crippen molar-refractivity contribution in [3.63, 3.8) is 0 Å². The molecule has 0 aliphatic rings. The van der Waals surface area contributed by atoms with Crippen LogP contribution < -0.4 is 0 Å². The van der Waals surface area contributed by atoms with Gasteiger partial charge in [-0.2, -0.15) is 0 Å². The molecule has 2 rings (SSSR count). The number of halogens is 1. The highest BCUT2D eigenvalue weighted by Crippen LogP contribution is 2.30. The van der Waals surface area contributed by atoms with E-state index in [1.807, 2.05) is 49.6 Å². The zero-order valence-electron chi connectivity index (χ0n) is 12.0. The van der Waals surface area contributed by atoms with E-state index in [0.29, 0.717) is 11.4 Å². The van der Waals surface area contributed by atoms with E-state index in [1.54, 1.807) is 12.7 Å². The molecule has 2 atom stereocenters. The van der Waals surface area contributed by atoms with Crippen LogP contribution in [0, 0.1) is 5.41 Å². The molecule has 0 amide bonds. The third-order valence-corrected chi connectivity index (χ3v) is 3.68. The molecule has 2 unspecified atom stereocenters. The maximum atomic E-state index is 10.6. The summed E-state index contributed by atoms with van der Waals surface area (Å²) in [4.78, 5) is 0. The lowest BCUT2D eigenvalue weighted by atomic mass is 9.82. The predicted molar refractivity (Wildman–Crippen MR) is 79.7 cm³/mol. The van der Waals surface area contributed by atoms with Crippen molar-refractivity contribution in [3.05, 3.63) is 47.5 Å². The number of hydrogen-bond donors (Lipinski definition) is 1. The largest absolute Gasteiger partial charge is 0.390 e. The minimum Gasteiger partial charge on any atom is -0.390 e. The lowest BCUT2D eigenvalue weighted by molar-refractivity contribution is 0.0165. The number of aliphatic hydroxyl groups excluding tert-OH is 1. The number of aromatic nitrogens is 3. The molecule has 0 aliphatic heterocycles. The first-order chi connectivity index (χ1) is 9.38. The van der Waals surface area contributed by atoms with Crippen LogP contribution in [0.2, 0.25) is 5.02 Å². The van der Waals surface area contributed by atoms with Crippen LogP contribution in [0.5, 0.6) is 0 Å². The predicted octanol–water partition coefficient (Wildman–Crippen LogP) is 3.12. The van der Waals surface area contributed by atoms with Gasteiger partial charge in [0.1, 0.15) is 12.7 Å². The van der Waals surface area contributed by atoms with Crippen molar-refractivity contribution in [1.82, 2.24) is 14.8 Å². The molecular weight excluding hydrogens is 274 g/mol. The molecule has 0 spiro atoms. The highest BCUT2D eigenvalue weighted by atomic mass is 35.5. The smallest absolute Gasteiger partial charge is 0.119 e. The molecule has 20 heavy (non-hydrogen) atoms. The molecule has 1 N–H and O–H groups in total. The van der Waals surface area contributed by atoms with E-state index in [-0.39, 0.29) is 11.5 Å². The van der Waals surface area contributed by atoms with E-state index in [1.165, 1.54) is 0 Å². The lowest BCUT2D eigenvalue weighted by Crippen LogP contribution is -2.36. The first-order valence-electron chi connectivity index (χ1n) is 6.64. The molecule has 0 radical (unpaired) electrons. The summed E-state index contributed by atoms with van der Waals surface area (Å²) in [6.45, 7) is 6.07. The van der Waals surface area contributed by atoms with Crippen LogP contribution in [-0.2, 0) is 6.42 Å². The normalized spacial score (nSPS) is 15.1. The number of nitrogens with zero attached hydrogens (tertiary/aromatic N) is 3. The van der Waals surface area contributed by atoms with Gasteiger partial charge in [-0.05, 0) is 29.5 Å². The molecule has 108 valence electrons. The fourth-order valence-corrected chi connectivity index (χ4v) is 2.33. The quantitative estimate of drug-likeness (QED) is 0.942. The molecule has 5 heteroatoms. The lowest BCUT2D eigenvalue weighted by Gasteiger charge is -2.33. The van der Waals surface area contributed by atoms with Crippen molar-refractivity contribution in [2.24, 2.45) is 5.41 Å². The van der Waals surface area contributed by atoms with Gasteiger partial charge in [0, 0.05) is 5.02 Å². The van der Waals surface area contributed by atoms with Crippen molar-refractivity contribution < 1.29 is 5.11 Å². The number of aliphatic hydroxyl groups is 1. The van der Waals surface area contributed by atoms with E-state index in [0.717, 1.165) is 5.56 Å². The van der Waals surface area contributed by atoms with Crippen LogP contribution >= 0.6 is 11.6 Å². The van der Waals surface area contributed by atoms with Crippen LogP contribution in [0.1, 0.15) is 32.4 Å². The summed E-state index contributed by atoms with van der Waals surface area (Å²) in [5.74, 6) is 0. The van der Waals surface area contributed by atoms with E-state index in [2.05, 4.69) is 10.2 Å². The topological polar surface area (TPSA) is 50.9 Å². The van der Waals surface area contributed by atoms with Gasteiger partial charge in [-0.1, -0.05) is 44.5 Å². The molecule has 1 heterocycles. The van der Waals surface area contributed by atoms with Crippen LogP contribution in [0.25, 0.3) is 0 Å². The summed E-state index contributed by atoms with van der Waals surface area (Å²) in [6, 6.07) is 7.59. The fraction of sp³-hybridized carbons (Fsp3) is 0.467. The van der Waals surface area contributed by atoms with Gasteiger partial charge in [-0.3, -0.25) is 0 Å². The minimum absolute atomic E-state index is 0.105. The summed E-state index contributed by atoms with van der Waals surface area (Å²) in [5, 5.41) is 19.0. The van der Waals surface area contributed by atoms with Gasteiger partial charge < -0.3 is 9.67 Å². The highest BCUT2D eigenvalue weighted by molar-refractivity contribution is 6.30. The number of benzene rings is 1. The molecular formula is C15H20ClN3O. The molecule has 1 aromatic heterocycles. The van der Waals surface area contributed by atoms with Crippen molar-refractivity contribution in [1.29, 1.82) is 0 Å². The van der Waals surface area contributed by atoms with Gasteiger partial charge in [0.25, 0.3) is 0 Å². The minimum atomic E-state index is -0.505. The van der Waals surface area contributed by atoms with E-state index >= 15 is 0 Å². The SMILES string of the molecule is CC(C)(C)C(O)C(Cc1ccc(Cl)cc1)n1cnnc1. The summed E-state index contributed by atoms with van der Waals surface area (Å²) >= 11 is 5.91. The molecule has 0 fully saturated rings. The highest BCUT2D eigenvalue weighted by Gasteiger charge is 2.31. The second kappa shape index (κ2) is 5.94. The second-order valence-electron chi connectivity index (χ2n) is 6.12. The van der Waals surface area contributed by atoms with Crippen LogP contribution in [-0.4, -0.2) is 26.0 Å². The van der Waals surface area contributed by atoms with E-state index < -0.39 is 6.10 Å². The summed E-state index contributed by atoms with van der Waals surface area (Å²) in [5.41, 5.74) is 0.901. The Bertz CT molecular complexity index is 531. The standard InChI is InChI=1S/C15H20ClN3O/c1-15(2,3)14(20)13(19-9-17-18-10-19)8-11-4-6-12(16)7-5-11/h4-7,9-10,13-14,20H,8H2,1-3H3. The molecule has 0 aliphatic carbocycles. The summed E-state index contributed by atoms with van der Waals surface area (Å²) < 4.78 is 1.87. The molecule has 4 nitrogen and oxygen atoms in total. The van der Waals surface area contributed by atoms with E-state index in [9.17, 15) is 5.11 Å². The molecule has 0 saturated carbocycles. The monoisotopic (exact) mass is 293 g/mol.